The van der Waals surface area contributed by atoms with Crippen LogP contribution in [-0.4, -0.2) is 11.1 Å². The number of rotatable bonds is 1. The summed E-state index contributed by atoms with van der Waals surface area (Å²) >= 11 is 0. The molecule has 3 nitrogen and oxygen atoms in total. The predicted molar refractivity (Wildman–Crippen MR) is 55.1 cm³/mol. The summed E-state index contributed by atoms with van der Waals surface area (Å²) in [6.45, 7) is 1.89. The fourth-order valence-electron chi connectivity index (χ4n) is 1.63. The maximum Gasteiger partial charge on any atom is 0.335 e. The zero-order valence-corrected chi connectivity index (χ0v) is 8.15. The first-order chi connectivity index (χ1) is 7.09. The molecule has 2 aromatic carbocycles. The second kappa shape index (κ2) is 3.28. The maximum atomic E-state index is 11.4. The lowest BCUT2D eigenvalue weighted by Gasteiger charge is -2.12. The molecule has 0 aliphatic rings. The lowest BCUT2D eigenvalue weighted by atomic mass is 10.0. The molecule has 15 heavy (non-hydrogen) atoms. The molecule has 76 valence electrons. The third-order valence-electron chi connectivity index (χ3n) is 2.43. The van der Waals surface area contributed by atoms with Gasteiger partial charge in [-0.1, -0.05) is 30.0 Å². The Labute approximate surface area is 86.6 Å². The number of carboxylic acid groups (broad SMARTS) is 1. The van der Waals surface area contributed by atoms with Crippen LogP contribution in [0.15, 0.2) is 30.3 Å². The summed E-state index contributed by atoms with van der Waals surface area (Å²) in [6.07, 6.45) is 0. The van der Waals surface area contributed by atoms with Gasteiger partial charge in [0.1, 0.15) is 0 Å². The van der Waals surface area contributed by atoms with Crippen LogP contribution in [0, 0.1) is 6.92 Å². The number of hydrogen-bond donors (Lipinski definition) is 1. The standard InChI is InChI=1S/C12H10O3/c1-7-3-2-4-8-5-11(13)10(12(14)15)6-9(7)8/h2-6,13H,1H3,(H,14,15)/p-1. The monoisotopic (exact) mass is 201 g/mol. The van der Waals surface area contributed by atoms with Crippen molar-refractivity contribution in [2.45, 2.75) is 6.92 Å². The molecule has 0 aromatic heterocycles. The minimum atomic E-state index is -1.18. The molecule has 0 atom stereocenters. The van der Waals surface area contributed by atoms with Crippen LogP contribution in [0.3, 0.4) is 0 Å². The molecule has 2 rings (SSSR count). The van der Waals surface area contributed by atoms with Gasteiger partial charge in [-0.3, -0.25) is 0 Å². The number of carbonyl (C=O) groups is 1. The van der Waals surface area contributed by atoms with Crippen LogP contribution in [0.5, 0.6) is 5.75 Å². The van der Waals surface area contributed by atoms with E-state index in [1.165, 1.54) is 12.1 Å². The molecule has 0 radical (unpaired) electrons. The van der Waals surface area contributed by atoms with Gasteiger partial charge in [0.2, 0.25) is 0 Å². The van der Waals surface area contributed by atoms with Gasteiger partial charge in [0.25, 0.3) is 0 Å². The Morgan fingerprint density at radius 3 is 2.73 bits per heavy atom. The molecular weight excluding hydrogens is 192 g/mol. The summed E-state index contributed by atoms with van der Waals surface area (Å²) in [5.74, 6) is -1.62. The van der Waals surface area contributed by atoms with E-state index in [9.17, 15) is 9.90 Å². The van der Waals surface area contributed by atoms with E-state index in [-0.39, 0.29) is 5.56 Å². The number of aryl methyl sites for hydroxylation is 1. The van der Waals surface area contributed by atoms with E-state index in [0.717, 1.165) is 16.3 Å². The smallest absolute Gasteiger partial charge is 0.335 e. The Morgan fingerprint density at radius 2 is 2.07 bits per heavy atom. The molecule has 0 aliphatic carbocycles. The highest BCUT2D eigenvalue weighted by atomic mass is 16.4. The van der Waals surface area contributed by atoms with Crippen LogP contribution >= 0.6 is 0 Å². The molecule has 0 amide bonds. The van der Waals surface area contributed by atoms with Crippen molar-refractivity contribution in [1.82, 2.24) is 0 Å². The molecule has 0 fully saturated rings. The van der Waals surface area contributed by atoms with Crippen LogP contribution in [0.2, 0.25) is 0 Å². The molecule has 0 saturated carbocycles. The summed E-state index contributed by atoms with van der Waals surface area (Å²) in [6, 6.07) is 8.34. The lowest BCUT2D eigenvalue weighted by Crippen LogP contribution is -2.03. The maximum absolute atomic E-state index is 11.4. The summed E-state index contributed by atoms with van der Waals surface area (Å²) < 4.78 is 0. The summed E-state index contributed by atoms with van der Waals surface area (Å²) in [4.78, 5) is 10.8. The van der Waals surface area contributed by atoms with Gasteiger partial charge in [-0.15, -0.1) is 0 Å². The van der Waals surface area contributed by atoms with Gasteiger partial charge in [-0.2, -0.15) is 0 Å². The molecule has 0 saturated heterocycles. The van der Waals surface area contributed by atoms with Gasteiger partial charge >= 0.3 is 5.97 Å². The van der Waals surface area contributed by atoms with Crippen LogP contribution in [0.4, 0.5) is 0 Å². The van der Waals surface area contributed by atoms with Crippen LogP contribution < -0.4 is 5.11 Å². The Kier molecular flexibility index (Phi) is 2.08. The van der Waals surface area contributed by atoms with Crippen molar-refractivity contribution in [2.75, 3.05) is 0 Å². The van der Waals surface area contributed by atoms with Crippen molar-refractivity contribution >= 4 is 16.7 Å². The molecular formula is C12H9O3-. The lowest BCUT2D eigenvalue weighted by molar-refractivity contribution is -0.268. The molecule has 0 heterocycles. The minimum Gasteiger partial charge on any atom is -0.872 e. The summed E-state index contributed by atoms with van der Waals surface area (Å²) in [7, 11) is 0. The predicted octanol–water partition coefficient (Wildman–Crippen LogP) is 1.92. The van der Waals surface area contributed by atoms with E-state index in [1.807, 2.05) is 19.1 Å². The van der Waals surface area contributed by atoms with E-state index in [1.54, 1.807) is 6.07 Å². The SMILES string of the molecule is Cc1cccc2cc([O-])c(C(=O)O)cc12. The summed E-state index contributed by atoms with van der Waals surface area (Å²) in [5.41, 5.74) is 0.798. The number of carboxylic acids is 1. The molecule has 2 aromatic rings. The van der Waals surface area contributed by atoms with Gasteiger partial charge in [-0.25, -0.2) is 4.79 Å². The molecule has 0 unspecified atom stereocenters. The molecule has 1 N–H and O–H groups in total. The van der Waals surface area contributed by atoms with Crippen molar-refractivity contribution in [3.05, 3.63) is 41.5 Å². The van der Waals surface area contributed by atoms with Crippen molar-refractivity contribution in [1.29, 1.82) is 0 Å². The van der Waals surface area contributed by atoms with Crippen molar-refractivity contribution < 1.29 is 15.0 Å². The van der Waals surface area contributed by atoms with Gasteiger partial charge in [-0.05, 0) is 29.3 Å². The molecule has 0 bridgehead atoms. The molecule has 0 spiro atoms. The number of aromatic carboxylic acids is 1. The van der Waals surface area contributed by atoms with E-state index < -0.39 is 11.7 Å². The fourth-order valence-corrected chi connectivity index (χ4v) is 1.63. The van der Waals surface area contributed by atoms with Gasteiger partial charge in [0.05, 0.1) is 5.56 Å². The van der Waals surface area contributed by atoms with Crippen LogP contribution in [0.25, 0.3) is 10.8 Å². The quantitative estimate of drug-likeness (QED) is 0.766. The average Bonchev–Trinajstić information content (AvgIpc) is 2.16. The first-order valence-corrected chi connectivity index (χ1v) is 4.53. The van der Waals surface area contributed by atoms with E-state index in [2.05, 4.69) is 0 Å². The third kappa shape index (κ3) is 1.52. The van der Waals surface area contributed by atoms with E-state index >= 15 is 0 Å². The third-order valence-corrected chi connectivity index (χ3v) is 2.43. The highest BCUT2D eigenvalue weighted by Crippen LogP contribution is 2.25. The van der Waals surface area contributed by atoms with Crippen molar-refractivity contribution in [2.24, 2.45) is 0 Å². The van der Waals surface area contributed by atoms with E-state index in [4.69, 9.17) is 5.11 Å². The molecule has 3 heteroatoms. The topological polar surface area (TPSA) is 60.4 Å². The fraction of sp³-hybridized carbons (Fsp3) is 0.0833. The van der Waals surface area contributed by atoms with Crippen LogP contribution in [0.1, 0.15) is 15.9 Å². The van der Waals surface area contributed by atoms with Gasteiger partial charge in [0.15, 0.2) is 0 Å². The number of hydrogen-bond acceptors (Lipinski definition) is 2. The Bertz CT molecular complexity index is 544. The van der Waals surface area contributed by atoms with Gasteiger partial charge < -0.3 is 10.2 Å². The zero-order chi connectivity index (χ0) is 11.0. The first kappa shape index (κ1) is 9.52. The van der Waals surface area contributed by atoms with Crippen molar-refractivity contribution in [3.8, 4) is 5.75 Å². The van der Waals surface area contributed by atoms with E-state index in [0.29, 0.717) is 0 Å². The second-order valence-electron chi connectivity index (χ2n) is 3.45. The highest BCUT2D eigenvalue weighted by molar-refractivity contribution is 5.98. The van der Waals surface area contributed by atoms with Crippen LogP contribution in [-0.2, 0) is 0 Å². The largest absolute Gasteiger partial charge is 0.872 e. The highest BCUT2D eigenvalue weighted by Gasteiger charge is 2.06. The Balaban J connectivity index is 2.83. The Morgan fingerprint density at radius 1 is 1.33 bits per heavy atom. The number of benzene rings is 2. The number of fused-ring (bicyclic) bond motifs is 1. The first-order valence-electron chi connectivity index (χ1n) is 4.53. The normalized spacial score (nSPS) is 10.5. The van der Waals surface area contributed by atoms with Crippen molar-refractivity contribution in [3.63, 3.8) is 0 Å². The second-order valence-corrected chi connectivity index (χ2v) is 3.45. The summed E-state index contributed by atoms with van der Waals surface area (Å²) in [5, 5.41) is 21.8. The van der Waals surface area contributed by atoms with Gasteiger partial charge in [0, 0.05) is 0 Å². The zero-order valence-electron chi connectivity index (χ0n) is 8.15. The average molecular weight is 201 g/mol. The molecule has 0 aliphatic heterocycles. The Hall–Kier alpha value is -2.03. The minimum absolute atomic E-state index is 0.170.